The number of aryl methyl sites for hydroxylation is 1. The first-order chi connectivity index (χ1) is 12.6. The number of H-pyrrole nitrogens is 1. The largest absolute Gasteiger partial charge is 0.379 e. The van der Waals surface area contributed by atoms with Gasteiger partial charge in [-0.25, -0.2) is 9.97 Å². The third-order valence-electron chi connectivity index (χ3n) is 5.48. The molecular weight excluding hydrogens is 330 g/mol. The van der Waals surface area contributed by atoms with E-state index in [0.29, 0.717) is 17.4 Å². The van der Waals surface area contributed by atoms with E-state index in [1.165, 1.54) is 0 Å². The number of allylic oxidation sites excluding steroid dienone is 1. The molecule has 0 unspecified atom stereocenters. The summed E-state index contributed by atoms with van der Waals surface area (Å²) in [6.45, 7) is 0. The summed E-state index contributed by atoms with van der Waals surface area (Å²) in [7, 11) is 1.87. The number of nitrogens with one attached hydrogen (secondary N) is 2. The molecule has 3 aromatic heterocycles. The number of carbonyl (C=O) groups is 1. The van der Waals surface area contributed by atoms with Crippen molar-refractivity contribution in [3.05, 3.63) is 36.8 Å². The van der Waals surface area contributed by atoms with Crippen molar-refractivity contribution in [2.24, 2.45) is 30.5 Å². The zero-order valence-electron chi connectivity index (χ0n) is 14.3. The Balaban J connectivity index is 1.52. The second-order valence-corrected chi connectivity index (χ2v) is 7.09. The van der Waals surface area contributed by atoms with Gasteiger partial charge in [-0.1, -0.05) is 12.2 Å². The van der Waals surface area contributed by atoms with Gasteiger partial charge in [-0.2, -0.15) is 5.10 Å². The van der Waals surface area contributed by atoms with Gasteiger partial charge in [0.15, 0.2) is 5.65 Å². The van der Waals surface area contributed by atoms with Crippen LogP contribution in [0.1, 0.15) is 6.42 Å². The number of aromatic amines is 1. The Labute approximate surface area is 149 Å². The van der Waals surface area contributed by atoms with Crippen LogP contribution in [0.2, 0.25) is 0 Å². The molecule has 8 heteroatoms. The number of aromatic nitrogens is 5. The van der Waals surface area contributed by atoms with E-state index in [1.54, 1.807) is 17.1 Å². The molecule has 0 saturated heterocycles. The zero-order chi connectivity index (χ0) is 17.8. The van der Waals surface area contributed by atoms with E-state index >= 15 is 0 Å². The van der Waals surface area contributed by atoms with E-state index in [1.807, 2.05) is 19.3 Å². The van der Waals surface area contributed by atoms with Gasteiger partial charge in [0.2, 0.25) is 5.91 Å². The summed E-state index contributed by atoms with van der Waals surface area (Å²) >= 11 is 0. The second-order valence-electron chi connectivity index (χ2n) is 7.09. The highest BCUT2D eigenvalue weighted by Gasteiger charge is 2.47. The molecule has 26 heavy (non-hydrogen) atoms. The molecule has 132 valence electrons. The number of anilines is 1. The van der Waals surface area contributed by atoms with Crippen LogP contribution in [0.4, 0.5) is 5.69 Å². The second kappa shape index (κ2) is 5.42. The first kappa shape index (κ1) is 15.1. The van der Waals surface area contributed by atoms with Gasteiger partial charge in [-0.15, -0.1) is 0 Å². The Hall–Kier alpha value is -3.16. The number of primary amides is 1. The molecule has 0 radical (unpaired) electrons. The first-order valence-corrected chi connectivity index (χ1v) is 8.68. The topological polar surface area (TPSA) is 115 Å². The minimum Gasteiger partial charge on any atom is -0.379 e. The first-order valence-electron chi connectivity index (χ1n) is 8.68. The summed E-state index contributed by atoms with van der Waals surface area (Å²) in [6, 6.07) is 1.90. The molecule has 4 N–H and O–H groups in total. The Morgan fingerprint density at radius 1 is 1.38 bits per heavy atom. The molecule has 2 aliphatic carbocycles. The van der Waals surface area contributed by atoms with E-state index in [-0.39, 0.29) is 23.8 Å². The standard InChI is InChI=1S/C18H19N7O/c1-25-8-11(7-21-25)17-23-15-12(4-5-20-18(15)24-17)22-14-10-3-2-9(6-10)13(14)16(19)26/h2-5,7-10,13-14H,6H2,1H3,(H2,19,26)(H2,20,22,23,24)/t9-,10+,13+,14-/m1/s1. The fourth-order valence-electron chi connectivity index (χ4n) is 4.30. The number of pyridine rings is 1. The van der Waals surface area contributed by atoms with Gasteiger partial charge in [0, 0.05) is 25.5 Å². The third-order valence-corrected chi connectivity index (χ3v) is 5.48. The maximum Gasteiger partial charge on any atom is 0.223 e. The molecule has 1 fully saturated rings. The van der Waals surface area contributed by atoms with Crippen molar-refractivity contribution in [3.63, 3.8) is 0 Å². The predicted molar refractivity (Wildman–Crippen MR) is 96.9 cm³/mol. The van der Waals surface area contributed by atoms with Gasteiger partial charge in [-0.05, 0) is 24.3 Å². The van der Waals surface area contributed by atoms with Crippen LogP contribution >= 0.6 is 0 Å². The summed E-state index contributed by atoms with van der Waals surface area (Å²) in [6.07, 6.45) is 10.7. The molecule has 0 aliphatic heterocycles. The minimum atomic E-state index is -0.245. The fraction of sp³-hybridized carbons (Fsp3) is 0.333. The maximum atomic E-state index is 12.0. The van der Waals surface area contributed by atoms with Crippen molar-refractivity contribution >= 4 is 22.8 Å². The number of nitrogens with zero attached hydrogens (tertiary/aromatic N) is 4. The summed E-state index contributed by atoms with van der Waals surface area (Å²) in [5.74, 6) is 0.842. The average molecular weight is 349 g/mol. The molecule has 5 rings (SSSR count). The minimum absolute atomic E-state index is 0.00163. The monoisotopic (exact) mass is 349 g/mol. The van der Waals surface area contributed by atoms with Crippen molar-refractivity contribution in [2.75, 3.05) is 5.32 Å². The average Bonchev–Trinajstić information content (AvgIpc) is 3.37. The number of hydrogen-bond donors (Lipinski definition) is 3. The number of rotatable bonds is 4. The zero-order valence-corrected chi connectivity index (χ0v) is 14.3. The van der Waals surface area contributed by atoms with Crippen molar-refractivity contribution in [2.45, 2.75) is 12.5 Å². The molecule has 4 atom stereocenters. The van der Waals surface area contributed by atoms with E-state index in [0.717, 1.165) is 23.2 Å². The van der Waals surface area contributed by atoms with Gasteiger partial charge in [0.1, 0.15) is 11.3 Å². The number of hydrogen-bond acceptors (Lipinski definition) is 5. The highest BCUT2D eigenvalue weighted by molar-refractivity contribution is 5.88. The maximum absolute atomic E-state index is 12.0. The molecule has 3 aromatic rings. The van der Waals surface area contributed by atoms with Gasteiger partial charge in [0.25, 0.3) is 0 Å². The molecule has 1 amide bonds. The van der Waals surface area contributed by atoms with E-state index in [2.05, 4.69) is 37.5 Å². The molecular formula is C18H19N7O. The predicted octanol–water partition coefficient (Wildman–Crippen LogP) is 1.45. The van der Waals surface area contributed by atoms with E-state index < -0.39 is 0 Å². The van der Waals surface area contributed by atoms with E-state index in [4.69, 9.17) is 5.73 Å². The molecule has 2 bridgehead atoms. The van der Waals surface area contributed by atoms with Crippen LogP contribution in [0.3, 0.4) is 0 Å². The lowest BCUT2D eigenvalue weighted by Gasteiger charge is -2.27. The summed E-state index contributed by atoms with van der Waals surface area (Å²) in [5, 5.41) is 7.72. The molecule has 8 nitrogen and oxygen atoms in total. The number of imidazole rings is 1. The highest BCUT2D eigenvalue weighted by atomic mass is 16.1. The van der Waals surface area contributed by atoms with Crippen molar-refractivity contribution in [1.82, 2.24) is 24.7 Å². The van der Waals surface area contributed by atoms with Crippen LogP contribution in [0.5, 0.6) is 0 Å². The fourth-order valence-corrected chi connectivity index (χ4v) is 4.30. The summed E-state index contributed by atoms with van der Waals surface area (Å²) in [5.41, 5.74) is 8.90. The van der Waals surface area contributed by atoms with Gasteiger partial charge < -0.3 is 16.0 Å². The van der Waals surface area contributed by atoms with Crippen LogP contribution in [-0.2, 0) is 11.8 Å². The summed E-state index contributed by atoms with van der Waals surface area (Å²) < 4.78 is 1.73. The number of carbonyl (C=O) groups excluding carboxylic acids is 1. The van der Waals surface area contributed by atoms with Crippen LogP contribution in [0.15, 0.2) is 36.8 Å². The molecule has 0 spiro atoms. The smallest absolute Gasteiger partial charge is 0.223 e. The molecule has 0 aromatic carbocycles. The highest BCUT2D eigenvalue weighted by Crippen LogP contribution is 2.45. The Kier molecular flexibility index (Phi) is 3.15. The lowest BCUT2D eigenvalue weighted by Crippen LogP contribution is -2.41. The molecule has 1 saturated carbocycles. The lowest BCUT2D eigenvalue weighted by molar-refractivity contribution is -0.122. The van der Waals surface area contributed by atoms with E-state index in [9.17, 15) is 4.79 Å². The van der Waals surface area contributed by atoms with Crippen LogP contribution in [-0.4, -0.2) is 36.7 Å². The number of amides is 1. The number of fused-ring (bicyclic) bond motifs is 3. The lowest BCUT2D eigenvalue weighted by atomic mass is 9.88. The van der Waals surface area contributed by atoms with Crippen LogP contribution < -0.4 is 11.1 Å². The number of nitrogens with two attached hydrogens (primary N) is 1. The van der Waals surface area contributed by atoms with Crippen molar-refractivity contribution < 1.29 is 4.79 Å². The quantitative estimate of drug-likeness (QED) is 0.617. The van der Waals surface area contributed by atoms with Crippen molar-refractivity contribution in [1.29, 1.82) is 0 Å². The molecule has 3 heterocycles. The normalized spacial score (nSPS) is 26.7. The van der Waals surface area contributed by atoms with Crippen LogP contribution in [0, 0.1) is 17.8 Å². The Morgan fingerprint density at radius 3 is 3.00 bits per heavy atom. The van der Waals surface area contributed by atoms with Crippen LogP contribution in [0.25, 0.3) is 22.6 Å². The molecule has 2 aliphatic rings. The third kappa shape index (κ3) is 2.22. The van der Waals surface area contributed by atoms with Gasteiger partial charge in [-0.3, -0.25) is 9.48 Å². The van der Waals surface area contributed by atoms with Gasteiger partial charge >= 0.3 is 0 Å². The van der Waals surface area contributed by atoms with Gasteiger partial charge in [0.05, 0.1) is 23.4 Å². The Morgan fingerprint density at radius 2 is 2.23 bits per heavy atom. The summed E-state index contributed by atoms with van der Waals surface area (Å²) in [4.78, 5) is 24.2. The van der Waals surface area contributed by atoms with Crippen molar-refractivity contribution in [3.8, 4) is 11.4 Å². The Bertz CT molecular complexity index is 1030. The SMILES string of the molecule is Cn1cc(-c2nc3nccc(N[C@H]4[C@@H](C(N)=O)[C@@H]5C=C[C@H]4C5)c3[nH]2)cn1.